The molecule has 18 nitrogen and oxygen atoms in total. The van der Waals surface area contributed by atoms with E-state index in [4.69, 9.17) is 0 Å². The molecule has 2 bridgehead atoms. The van der Waals surface area contributed by atoms with E-state index >= 15 is 0 Å². The Bertz CT molecular complexity index is 2500. The van der Waals surface area contributed by atoms with E-state index in [9.17, 15) is 57.5 Å². The van der Waals surface area contributed by atoms with Crippen LogP contribution in [0.3, 0.4) is 0 Å². The highest BCUT2D eigenvalue weighted by Gasteiger charge is 2.56. The Hall–Kier alpha value is -6.72. The lowest BCUT2D eigenvalue weighted by atomic mass is 9.70. The second kappa shape index (κ2) is 22.3. The smallest absolute Gasteiger partial charge is 0.253 e. The summed E-state index contributed by atoms with van der Waals surface area (Å²) in [4.78, 5) is 150. The number of carbonyl (C=O) groups excluding carboxylic acids is 12. The van der Waals surface area contributed by atoms with Gasteiger partial charge in [-0.3, -0.25) is 86.9 Å². The van der Waals surface area contributed by atoms with Gasteiger partial charge in [0.25, 0.3) is 70.9 Å². The van der Waals surface area contributed by atoms with Crippen LogP contribution in [0.4, 0.5) is 0 Å². The average molecular weight is 1060 g/mol. The largest absolute Gasteiger partial charge is 0.275 e. The fraction of sp³-hybridized carbons (Fsp3) is 0.593. The summed E-state index contributed by atoms with van der Waals surface area (Å²) in [5.74, 6) is 3.28. The molecule has 0 aromatic rings. The van der Waals surface area contributed by atoms with E-state index in [0.29, 0.717) is 85.4 Å². The lowest BCUT2D eigenvalue weighted by molar-refractivity contribution is -0.143. The molecule has 12 rings (SSSR count). The van der Waals surface area contributed by atoms with Gasteiger partial charge < -0.3 is 0 Å². The van der Waals surface area contributed by atoms with Gasteiger partial charge >= 0.3 is 0 Å². The van der Waals surface area contributed by atoms with E-state index in [1.54, 1.807) is 0 Å². The second-order valence-electron chi connectivity index (χ2n) is 24.1. The van der Waals surface area contributed by atoms with Crippen LogP contribution >= 0.6 is 0 Å². The first-order valence-electron chi connectivity index (χ1n) is 28.1. The van der Waals surface area contributed by atoms with E-state index in [0.717, 1.165) is 89.9 Å². The zero-order valence-electron chi connectivity index (χ0n) is 44.0. The van der Waals surface area contributed by atoms with Crippen molar-refractivity contribution in [3.63, 3.8) is 0 Å². The van der Waals surface area contributed by atoms with Crippen molar-refractivity contribution < 1.29 is 57.5 Å². The maximum atomic E-state index is 12.0. The lowest BCUT2D eigenvalue weighted by Crippen LogP contribution is -2.47. The molecule has 0 radical (unpaired) electrons. The molecule has 6 aliphatic heterocycles. The summed E-state index contributed by atoms with van der Waals surface area (Å²) >= 11 is 0. The van der Waals surface area contributed by atoms with E-state index in [1.165, 1.54) is 109 Å². The first-order valence-corrected chi connectivity index (χ1v) is 28.1. The summed E-state index contributed by atoms with van der Waals surface area (Å²) in [6.45, 7) is 6.27. The quantitative estimate of drug-likeness (QED) is 0.245. The molecule has 6 heterocycles. The van der Waals surface area contributed by atoms with Gasteiger partial charge in [-0.1, -0.05) is 20.3 Å². The van der Waals surface area contributed by atoms with Gasteiger partial charge in [0, 0.05) is 111 Å². The summed E-state index contributed by atoms with van der Waals surface area (Å²) in [7, 11) is 0. The molecule has 14 unspecified atom stereocenters. The fourth-order valence-electron chi connectivity index (χ4n) is 16.0. The van der Waals surface area contributed by atoms with Crippen molar-refractivity contribution in [3.05, 3.63) is 72.9 Å². The van der Waals surface area contributed by atoms with Crippen molar-refractivity contribution in [2.45, 2.75) is 122 Å². The first kappa shape index (κ1) is 53.7. The molecule has 6 fully saturated rings. The maximum Gasteiger partial charge on any atom is 0.253 e. The molecule has 0 saturated heterocycles. The highest BCUT2D eigenvalue weighted by Crippen LogP contribution is 2.62. The molecule has 0 aromatic carbocycles. The van der Waals surface area contributed by atoms with Gasteiger partial charge in [0.15, 0.2) is 0 Å². The number of amides is 12. The molecule has 0 N–H and O–H groups in total. The molecule has 18 heteroatoms. The lowest BCUT2D eigenvalue weighted by Gasteiger charge is -2.42. The molecule has 6 saturated carbocycles. The Morgan fingerprint density at radius 2 is 0.675 bits per heavy atom. The molecule has 408 valence electrons. The van der Waals surface area contributed by atoms with Crippen molar-refractivity contribution in [1.82, 2.24) is 29.4 Å². The molecule has 0 aromatic heterocycles. The SMILES string of the molecule is CC1CC(CC2CCC(N3C(=O)C=CC3=O)C(C)C2)CCC1N1C(=O)C=CC1=O.O=C1C=CC(=O)N1CC1CC2C3CC(CN4C(=O)C=CC4=O)C(C3)C2C1.O=C1C=CC(=O)N1CC1CCCC(CN2C(=O)C=CC2=O)C1. The molecular weight excluding hydrogens is 985 g/mol. The summed E-state index contributed by atoms with van der Waals surface area (Å²) in [5, 5.41) is 0. The minimum atomic E-state index is -0.249. The predicted octanol–water partition coefficient (Wildman–Crippen LogP) is 4.61. The fourth-order valence-corrected chi connectivity index (χ4v) is 16.0. The molecule has 12 aliphatic rings. The van der Waals surface area contributed by atoms with Crippen LogP contribution in [0.1, 0.15) is 110 Å². The summed E-state index contributed by atoms with van der Waals surface area (Å²) in [6.07, 6.45) is 31.5. The van der Waals surface area contributed by atoms with Crippen LogP contribution in [0.25, 0.3) is 0 Å². The van der Waals surface area contributed by atoms with Gasteiger partial charge in [0.1, 0.15) is 0 Å². The number of carbonyl (C=O) groups is 12. The Morgan fingerprint density at radius 1 is 0.325 bits per heavy atom. The van der Waals surface area contributed by atoms with Gasteiger partial charge in [-0.05, 0) is 161 Å². The zero-order valence-corrected chi connectivity index (χ0v) is 44.0. The van der Waals surface area contributed by atoms with E-state index in [2.05, 4.69) is 13.8 Å². The highest BCUT2D eigenvalue weighted by molar-refractivity contribution is 6.16. The first-order chi connectivity index (χ1) is 36.9. The number of hydrogen-bond donors (Lipinski definition) is 0. The highest BCUT2D eigenvalue weighted by atomic mass is 16.2. The topological polar surface area (TPSA) is 224 Å². The minimum Gasteiger partial charge on any atom is -0.275 e. The standard InChI is InChI=1S/C23H30N2O4.C20H22N2O4.C16H18N2O4/c1-14-11-16(3-5-18(14)24-20(26)7-8-21(24)27)13-17-4-6-19(15(2)12-17)25-22(28)9-10-23(25)29;23-17-1-2-18(24)21(17)9-11-5-14-12-7-13(15(8-12)16(14)6-11)10-22-19(25)3-4-20(22)26;19-13-4-5-14(20)17(13)9-11-2-1-3-12(8-11)10-18-15(21)6-7-16(18)22/h7-10,14-19H,3-6,11-13H2,1-2H3;1-4,11-16H,5-10H2;4-7,11-12H,1-3,8-10H2. The summed E-state index contributed by atoms with van der Waals surface area (Å²) in [6, 6.07) is 0.0474. The third kappa shape index (κ3) is 11.2. The van der Waals surface area contributed by atoms with Crippen LogP contribution in [0.15, 0.2) is 72.9 Å². The Balaban J connectivity index is 0.000000132. The number of imide groups is 6. The predicted molar refractivity (Wildman–Crippen MR) is 275 cm³/mol. The van der Waals surface area contributed by atoms with Gasteiger partial charge in [0.05, 0.1) is 0 Å². The second-order valence-corrected chi connectivity index (χ2v) is 24.1. The van der Waals surface area contributed by atoms with E-state index < -0.39 is 0 Å². The van der Waals surface area contributed by atoms with Crippen molar-refractivity contribution in [2.24, 2.45) is 71.0 Å². The monoisotopic (exact) mass is 1050 g/mol. The average Bonchev–Trinajstić information content (AvgIpc) is 4.36. The van der Waals surface area contributed by atoms with Gasteiger partial charge in [0.2, 0.25) is 0 Å². The number of nitrogens with zero attached hydrogens (tertiary/aromatic N) is 6. The number of fused-ring (bicyclic) bond motifs is 5. The van der Waals surface area contributed by atoms with Crippen molar-refractivity contribution in [3.8, 4) is 0 Å². The van der Waals surface area contributed by atoms with Crippen molar-refractivity contribution in [1.29, 1.82) is 0 Å². The zero-order chi connectivity index (χ0) is 54.4. The van der Waals surface area contributed by atoms with Crippen LogP contribution in [-0.2, 0) is 57.5 Å². The molecule has 77 heavy (non-hydrogen) atoms. The number of rotatable bonds is 12. The van der Waals surface area contributed by atoms with Crippen LogP contribution in [-0.4, -0.2) is 139 Å². The number of hydrogen-bond acceptors (Lipinski definition) is 12. The molecule has 6 aliphatic carbocycles. The normalized spacial score (nSPS) is 36.1. The van der Waals surface area contributed by atoms with Crippen LogP contribution in [0.2, 0.25) is 0 Å². The van der Waals surface area contributed by atoms with E-state index in [-0.39, 0.29) is 94.8 Å². The van der Waals surface area contributed by atoms with Gasteiger partial charge in [-0.15, -0.1) is 0 Å². The van der Waals surface area contributed by atoms with Crippen molar-refractivity contribution in [2.75, 3.05) is 26.2 Å². The third-order valence-corrected chi connectivity index (χ3v) is 19.4. The Morgan fingerprint density at radius 3 is 1.06 bits per heavy atom. The minimum absolute atomic E-state index is 0.0237. The van der Waals surface area contributed by atoms with Gasteiger partial charge in [-0.2, -0.15) is 0 Å². The summed E-state index contributed by atoms with van der Waals surface area (Å²) < 4.78 is 0. The van der Waals surface area contributed by atoms with Crippen molar-refractivity contribution >= 4 is 70.9 Å². The Kier molecular flexibility index (Phi) is 15.6. The van der Waals surface area contributed by atoms with Crippen LogP contribution in [0, 0.1) is 71.0 Å². The molecule has 0 spiro atoms. The van der Waals surface area contributed by atoms with Crippen LogP contribution in [0.5, 0.6) is 0 Å². The maximum absolute atomic E-state index is 12.0. The van der Waals surface area contributed by atoms with E-state index in [1.807, 2.05) is 0 Å². The molecule has 12 amide bonds. The Labute approximate surface area is 448 Å². The molecule has 14 atom stereocenters. The molecular formula is C59H70N6O12. The van der Waals surface area contributed by atoms with Crippen LogP contribution < -0.4 is 0 Å². The van der Waals surface area contributed by atoms with Gasteiger partial charge in [-0.25, -0.2) is 0 Å². The summed E-state index contributed by atoms with van der Waals surface area (Å²) in [5.41, 5.74) is 0. The third-order valence-electron chi connectivity index (χ3n) is 19.4.